The standard InChI is InChI=1S/C20H20N4O/c21-18-17(11-13-5-2-1-3-6-13)19(25)24-20(23-18)22-16-10-9-14-7-4-8-15(14)12-16/h1-3,5-6,9-10,12H,4,7-8,11H2,(H4,21,22,23,24,25). The van der Waals surface area contributed by atoms with Crippen LogP contribution in [0.25, 0.3) is 0 Å². The number of benzene rings is 2. The lowest BCUT2D eigenvalue weighted by atomic mass is 10.1. The zero-order chi connectivity index (χ0) is 17.2. The maximum atomic E-state index is 12.4. The third kappa shape index (κ3) is 3.26. The Morgan fingerprint density at radius 2 is 1.88 bits per heavy atom. The Kier molecular flexibility index (Phi) is 3.98. The largest absolute Gasteiger partial charge is 0.383 e. The third-order valence-corrected chi connectivity index (χ3v) is 4.63. The van der Waals surface area contributed by atoms with E-state index in [0.717, 1.165) is 24.1 Å². The predicted octanol–water partition coefficient (Wildman–Crippen LogP) is 3.18. The Bertz CT molecular complexity index is 963. The SMILES string of the molecule is Nc1nc(Nc2ccc3c(c2)CCC3)[nH]c(=O)c1Cc1ccccc1. The molecular formula is C20H20N4O. The fourth-order valence-electron chi connectivity index (χ4n) is 3.33. The number of rotatable bonds is 4. The van der Waals surface area contributed by atoms with Gasteiger partial charge in [0.2, 0.25) is 5.95 Å². The Hall–Kier alpha value is -3.08. The lowest BCUT2D eigenvalue weighted by Crippen LogP contribution is -2.19. The second kappa shape index (κ2) is 6.43. The number of hydrogen-bond acceptors (Lipinski definition) is 4. The molecule has 25 heavy (non-hydrogen) atoms. The van der Waals surface area contributed by atoms with Crippen LogP contribution in [0.2, 0.25) is 0 Å². The van der Waals surface area contributed by atoms with E-state index >= 15 is 0 Å². The molecule has 5 heteroatoms. The van der Waals surface area contributed by atoms with Gasteiger partial charge in [-0.1, -0.05) is 36.4 Å². The minimum atomic E-state index is -0.208. The number of H-pyrrole nitrogens is 1. The highest BCUT2D eigenvalue weighted by Crippen LogP contribution is 2.26. The van der Waals surface area contributed by atoms with Crippen molar-refractivity contribution in [2.75, 3.05) is 11.1 Å². The average Bonchev–Trinajstić information content (AvgIpc) is 3.07. The number of nitrogens with one attached hydrogen (secondary N) is 2. The molecule has 4 N–H and O–H groups in total. The molecular weight excluding hydrogens is 312 g/mol. The van der Waals surface area contributed by atoms with E-state index in [4.69, 9.17) is 5.73 Å². The highest BCUT2D eigenvalue weighted by molar-refractivity contribution is 5.58. The highest BCUT2D eigenvalue weighted by Gasteiger charge is 2.13. The summed E-state index contributed by atoms with van der Waals surface area (Å²) in [5.41, 5.74) is 11.0. The first-order valence-corrected chi connectivity index (χ1v) is 8.50. The number of nitrogens with two attached hydrogens (primary N) is 1. The van der Waals surface area contributed by atoms with Gasteiger partial charge in [-0.2, -0.15) is 4.98 Å². The molecule has 0 bridgehead atoms. The van der Waals surface area contributed by atoms with Gasteiger partial charge in [0.1, 0.15) is 5.82 Å². The summed E-state index contributed by atoms with van der Waals surface area (Å²) in [6.45, 7) is 0. The number of nitrogens with zero attached hydrogens (tertiary/aromatic N) is 1. The Balaban J connectivity index is 1.58. The predicted molar refractivity (Wildman–Crippen MR) is 100 cm³/mol. The van der Waals surface area contributed by atoms with Gasteiger partial charge in [-0.15, -0.1) is 0 Å². The van der Waals surface area contributed by atoms with E-state index in [2.05, 4.69) is 27.4 Å². The van der Waals surface area contributed by atoms with E-state index in [9.17, 15) is 4.79 Å². The van der Waals surface area contributed by atoms with Crippen molar-refractivity contribution >= 4 is 17.5 Å². The van der Waals surface area contributed by atoms with E-state index in [1.807, 2.05) is 36.4 Å². The molecule has 0 radical (unpaired) electrons. The fourth-order valence-corrected chi connectivity index (χ4v) is 3.33. The van der Waals surface area contributed by atoms with Crippen molar-refractivity contribution in [1.82, 2.24) is 9.97 Å². The first-order chi connectivity index (χ1) is 12.2. The van der Waals surface area contributed by atoms with Crippen LogP contribution in [-0.2, 0) is 19.3 Å². The van der Waals surface area contributed by atoms with Crippen molar-refractivity contribution in [2.24, 2.45) is 0 Å². The molecule has 1 heterocycles. The lowest BCUT2D eigenvalue weighted by Gasteiger charge is -2.10. The normalized spacial score (nSPS) is 12.8. The monoisotopic (exact) mass is 332 g/mol. The number of aromatic nitrogens is 2. The van der Waals surface area contributed by atoms with Crippen molar-refractivity contribution in [2.45, 2.75) is 25.7 Å². The molecule has 0 amide bonds. The summed E-state index contributed by atoms with van der Waals surface area (Å²) >= 11 is 0. The summed E-state index contributed by atoms with van der Waals surface area (Å²) in [7, 11) is 0. The average molecular weight is 332 g/mol. The molecule has 0 saturated carbocycles. The maximum Gasteiger partial charge on any atom is 0.257 e. The molecule has 0 aliphatic heterocycles. The second-order valence-corrected chi connectivity index (χ2v) is 6.40. The first-order valence-electron chi connectivity index (χ1n) is 8.50. The van der Waals surface area contributed by atoms with Gasteiger partial charge in [0.15, 0.2) is 0 Å². The third-order valence-electron chi connectivity index (χ3n) is 4.63. The summed E-state index contributed by atoms with van der Waals surface area (Å²) in [5.74, 6) is 0.633. The molecule has 2 aromatic carbocycles. The van der Waals surface area contributed by atoms with Gasteiger partial charge in [0, 0.05) is 12.1 Å². The van der Waals surface area contributed by atoms with Crippen LogP contribution in [0, 0.1) is 0 Å². The van der Waals surface area contributed by atoms with Crippen molar-refractivity contribution in [3.8, 4) is 0 Å². The zero-order valence-corrected chi connectivity index (χ0v) is 13.9. The fraction of sp³-hybridized carbons (Fsp3) is 0.200. The van der Waals surface area contributed by atoms with Crippen LogP contribution in [0.1, 0.15) is 28.7 Å². The van der Waals surface area contributed by atoms with Gasteiger partial charge in [-0.3, -0.25) is 9.78 Å². The molecule has 0 fully saturated rings. The van der Waals surface area contributed by atoms with Crippen LogP contribution < -0.4 is 16.6 Å². The summed E-state index contributed by atoms with van der Waals surface area (Å²) in [5, 5.41) is 3.16. The highest BCUT2D eigenvalue weighted by atomic mass is 16.1. The van der Waals surface area contributed by atoms with Crippen molar-refractivity contribution in [1.29, 1.82) is 0 Å². The molecule has 0 saturated heterocycles. The molecule has 1 aliphatic carbocycles. The van der Waals surface area contributed by atoms with Crippen molar-refractivity contribution in [3.05, 3.63) is 81.1 Å². The van der Waals surface area contributed by atoms with Crippen LogP contribution in [-0.4, -0.2) is 9.97 Å². The minimum absolute atomic E-state index is 0.208. The van der Waals surface area contributed by atoms with Gasteiger partial charge in [0.25, 0.3) is 5.56 Å². The summed E-state index contributed by atoms with van der Waals surface area (Å²) < 4.78 is 0. The Morgan fingerprint density at radius 1 is 1.08 bits per heavy atom. The number of hydrogen-bond donors (Lipinski definition) is 3. The number of nitrogen functional groups attached to an aromatic ring is 1. The van der Waals surface area contributed by atoms with Crippen LogP contribution in [0.3, 0.4) is 0 Å². The van der Waals surface area contributed by atoms with E-state index in [1.54, 1.807) is 0 Å². The molecule has 0 atom stereocenters. The van der Waals surface area contributed by atoms with E-state index in [1.165, 1.54) is 17.5 Å². The van der Waals surface area contributed by atoms with E-state index < -0.39 is 0 Å². The molecule has 0 spiro atoms. The van der Waals surface area contributed by atoms with Crippen LogP contribution in [0.4, 0.5) is 17.5 Å². The summed E-state index contributed by atoms with van der Waals surface area (Å²) in [4.78, 5) is 19.6. The van der Waals surface area contributed by atoms with Crippen molar-refractivity contribution < 1.29 is 0 Å². The quantitative estimate of drug-likeness (QED) is 0.685. The summed E-state index contributed by atoms with van der Waals surface area (Å²) in [6.07, 6.45) is 3.92. The zero-order valence-electron chi connectivity index (χ0n) is 13.9. The van der Waals surface area contributed by atoms with E-state index in [-0.39, 0.29) is 11.4 Å². The second-order valence-electron chi connectivity index (χ2n) is 6.40. The molecule has 4 rings (SSSR count). The number of fused-ring (bicyclic) bond motifs is 1. The molecule has 1 aliphatic rings. The van der Waals surface area contributed by atoms with Gasteiger partial charge in [-0.25, -0.2) is 0 Å². The Morgan fingerprint density at radius 3 is 2.68 bits per heavy atom. The van der Waals surface area contributed by atoms with Crippen molar-refractivity contribution in [3.63, 3.8) is 0 Å². The molecule has 1 aromatic heterocycles. The van der Waals surface area contributed by atoms with Crippen LogP contribution in [0.5, 0.6) is 0 Å². The van der Waals surface area contributed by atoms with Gasteiger partial charge in [-0.05, 0) is 48.1 Å². The number of anilines is 3. The van der Waals surface area contributed by atoms with Gasteiger partial charge < -0.3 is 11.1 Å². The minimum Gasteiger partial charge on any atom is -0.383 e. The molecule has 0 unspecified atom stereocenters. The number of aromatic amines is 1. The summed E-state index contributed by atoms with van der Waals surface area (Å²) in [6, 6.07) is 16.0. The molecule has 3 aromatic rings. The van der Waals surface area contributed by atoms with E-state index in [0.29, 0.717) is 17.9 Å². The number of aryl methyl sites for hydroxylation is 2. The Labute approximate surface area is 145 Å². The first kappa shape index (κ1) is 15.4. The van der Waals surface area contributed by atoms with Gasteiger partial charge >= 0.3 is 0 Å². The molecule has 126 valence electrons. The van der Waals surface area contributed by atoms with Crippen LogP contribution >= 0.6 is 0 Å². The smallest absolute Gasteiger partial charge is 0.257 e. The van der Waals surface area contributed by atoms with Crippen LogP contribution in [0.15, 0.2) is 53.3 Å². The lowest BCUT2D eigenvalue weighted by molar-refractivity contribution is 0.912. The molecule has 5 nitrogen and oxygen atoms in total. The van der Waals surface area contributed by atoms with Gasteiger partial charge in [0.05, 0.1) is 5.56 Å². The maximum absolute atomic E-state index is 12.4. The topological polar surface area (TPSA) is 83.8 Å².